The lowest BCUT2D eigenvalue weighted by Crippen LogP contribution is -2.27. The number of amides is 1. The number of thioether (sulfide) groups is 1. The SMILES string of the molecule is CC(Sc1nc2ccccc2c(=O)n1Cc1ccco1)C(=O)Nc1ccccc1C(C)C. The Morgan fingerprint density at radius 3 is 2.56 bits per heavy atom. The monoisotopic (exact) mass is 447 g/mol. The van der Waals surface area contributed by atoms with Crippen LogP contribution in [0.15, 0.2) is 81.3 Å². The van der Waals surface area contributed by atoms with E-state index in [9.17, 15) is 9.59 Å². The number of anilines is 1. The molecule has 2 heterocycles. The maximum atomic E-state index is 13.2. The Balaban J connectivity index is 1.64. The number of furan rings is 1. The van der Waals surface area contributed by atoms with Crippen molar-refractivity contribution >= 4 is 34.3 Å². The molecule has 1 atom stereocenters. The van der Waals surface area contributed by atoms with E-state index in [1.54, 1.807) is 23.0 Å². The number of fused-ring (bicyclic) bond motifs is 1. The molecule has 32 heavy (non-hydrogen) atoms. The lowest BCUT2D eigenvalue weighted by atomic mass is 10.0. The molecule has 0 bridgehead atoms. The molecule has 0 spiro atoms. The minimum atomic E-state index is -0.467. The van der Waals surface area contributed by atoms with Crippen LogP contribution >= 0.6 is 11.8 Å². The van der Waals surface area contributed by atoms with Crippen molar-refractivity contribution in [3.05, 3.63) is 88.6 Å². The predicted molar refractivity (Wildman–Crippen MR) is 128 cm³/mol. The molecule has 0 aliphatic heterocycles. The second kappa shape index (κ2) is 9.44. The number of hydrogen-bond donors (Lipinski definition) is 1. The van der Waals surface area contributed by atoms with Gasteiger partial charge in [0.25, 0.3) is 5.56 Å². The molecule has 7 heteroatoms. The number of hydrogen-bond acceptors (Lipinski definition) is 5. The van der Waals surface area contributed by atoms with Crippen molar-refractivity contribution in [1.29, 1.82) is 0 Å². The van der Waals surface area contributed by atoms with Crippen molar-refractivity contribution in [3.8, 4) is 0 Å². The number of nitrogens with zero attached hydrogens (tertiary/aromatic N) is 2. The van der Waals surface area contributed by atoms with Gasteiger partial charge in [-0.2, -0.15) is 0 Å². The predicted octanol–water partition coefficient (Wildman–Crippen LogP) is 5.28. The number of carbonyl (C=O) groups is 1. The van der Waals surface area contributed by atoms with E-state index in [2.05, 4.69) is 19.2 Å². The van der Waals surface area contributed by atoms with E-state index < -0.39 is 5.25 Å². The van der Waals surface area contributed by atoms with Gasteiger partial charge in [0.15, 0.2) is 5.16 Å². The Morgan fingerprint density at radius 1 is 1.06 bits per heavy atom. The van der Waals surface area contributed by atoms with Gasteiger partial charge in [-0.25, -0.2) is 4.98 Å². The van der Waals surface area contributed by atoms with Gasteiger partial charge in [0.2, 0.25) is 5.91 Å². The van der Waals surface area contributed by atoms with Gasteiger partial charge in [-0.15, -0.1) is 0 Å². The zero-order chi connectivity index (χ0) is 22.7. The summed E-state index contributed by atoms with van der Waals surface area (Å²) in [6.07, 6.45) is 1.57. The molecular weight excluding hydrogens is 422 g/mol. The molecule has 164 valence electrons. The first-order valence-electron chi connectivity index (χ1n) is 10.5. The summed E-state index contributed by atoms with van der Waals surface area (Å²) in [5.41, 5.74) is 2.33. The van der Waals surface area contributed by atoms with Crippen molar-refractivity contribution in [2.45, 2.75) is 43.6 Å². The number of para-hydroxylation sites is 2. The van der Waals surface area contributed by atoms with Crippen LogP contribution in [-0.4, -0.2) is 20.7 Å². The summed E-state index contributed by atoms with van der Waals surface area (Å²) in [5, 5.41) is 3.58. The Morgan fingerprint density at radius 2 is 1.81 bits per heavy atom. The Labute approximate surface area is 190 Å². The van der Waals surface area contributed by atoms with Gasteiger partial charge in [0, 0.05) is 5.69 Å². The first kappa shape index (κ1) is 21.9. The molecule has 1 amide bonds. The zero-order valence-electron chi connectivity index (χ0n) is 18.2. The minimum Gasteiger partial charge on any atom is -0.467 e. The van der Waals surface area contributed by atoms with E-state index in [1.807, 2.05) is 55.5 Å². The molecule has 1 N–H and O–H groups in total. The molecule has 2 aromatic heterocycles. The highest BCUT2D eigenvalue weighted by Crippen LogP contribution is 2.27. The van der Waals surface area contributed by atoms with E-state index in [-0.39, 0.29) is 23.9 Å². The van der Waals surface area contributed by atoms with Crippen LogP contribution in [0.1, 0.15) is 38.0 Å². The first-order chi connectivity index (χ1) is 15.4. The van der Waals surface area contributed by atoms with Gasteiger partial charge in [0.1, 0.15) is 5.76 Å². The molecule has 0 aliphatic carbocycles. The van der Waals surface area contributed by atoms with Crippen LogP contribution in [0.3, 0.4) is 0 Å². The standard InChI is InChI=1S/C25H25N3O3S/c1-16(2)19-10-4-6-12-21(19)26-23(29)17(3)32-25-27-22-13-7-5-11-20(22)24(30)28(25)15-18-9-8-14-31-18/h4-14,16-17H,15H2,1-3H3,(H,26,29). The van der Waals surface area contributed by atoms with Crippen LogP contribution < -0.4 is 10.9 Å². The van der Waals surface area contributed by atoms with E-state index in [0.29, 0.717) is 21.8 Å². The zero-order valence-corrected chi connectivity index (χ0v) is 19.1. The number of nitrogens with one attached hydrogen (secondary N) is 1. The summed E-state index contributed by atoms with van der Waals surface area (Å²) in [7, 11) is 0. The third-order valence-corrected chi connectivity index (χ3v) is 6.30. The van der Waals surface area contributed by atoms with Crippen molar-refractivity contribution in [3.63, 3.8) is 0 Å². The van der Waals surface area contributed by atoms with Crippen molar-refractivity contribution in [1.82, 2.24) is 9.55 Å². The number of aromatic nitrogens is 2. The summed E-state index contributed by atoms with van der Waals surface area (Å²) >= 11 is 1.26. The van der Waals surface area contributed by atoms with Crippen molar-refractivity contribution < 1.29 is 9.21 Å². The highest BCUT2D eigenvalue weighted by atomic mass is 32.2. The second-order valence-corrected chi connectivity index (χ2v) is 9.18. The van der Waals surface area contributed by atoms with Gasteiger partial charge in [0.05, 0.1) is 29.0 Å². The molecule has 0 saturated carbocycles. The minimum absolute atomic E-state index is 0.143. The third kappa shape index (κ3) is 4.62. The Hall–Kier alpha value is -3.32. The Kier molecular flexibility index (Phi) is 6.46. The Bertz CT molecular complexity index is 1300. The molecule has 0 saturated heterocycles. The highest BCUT2D eigenvalue weighted by molar-refractivity contribution is 8.00. The normalized spacial score (nSPS) is 12.2. The summed E-state index contributed by atoms with van der Waals surface area (Å²) in [5.74, 6) is 0.791. The van der Waals surface area contributed by atoms with Gasteiger partial charge in [-0.1, -0.05) is 55.9 Å². The topological polar surface area (TPSA) is 77.1 Å². The van der Waals surface area contributed by atoms with Crippen molar-refractivity contribution in [2.24, 2.45) is 0 Å². The average Bonchev–Trinajstić information content (AvgIpc) is 3.30. The smallest absolute Gasteiger partial charge is 0.262 e. The first-order valence-corrected chi connectivity index (χ1v) is 11.4. The van der Waals surface area contributed by atoms with Crippen LogP contribution in [0.25, 0.3) is 10.9 Å². The fourth-order valence-electron chi connectivity index (χ4n) is 3.50. The second-order valence-electron chi connectivity index (χ2n) is 7.87. The third-order valence-electron chi connectivity index (χ3n) is 5.21. The molecule has 0 fully saturated rings. The van der Waals surface area contributed by atoms with Crippen LogP contribution in [-0.2, 0) is 11.3 Å². The summed E-state index contributed by atoms with van der Waals surface area (Å²) < 4.78 is 7.02. The molecule has 6 nitrogen and oxygen atoms in total. The number of carbonyl (C=O) groups excluding carboxylic acids is 1. The quantitative estimate of drug-likeness (QED) is 0.308. The molecule has 4 rings (SSSR count). The van der Waals surface area contributed by atoms with Gasteiger partial charge in [-0.3, -0.25) is 14.2 Å². The molecule has 1 unspecified atom stereocenters. The van der Waals surface area contributed by atoms with E-state index in [1.165, 1.54) is 11.8 Å². The lowest BCUT2D eigenvalue weighted by molar-refractivity contribution is -0.115. The van der Waals surface area contributed by atoms with E-state index in [4.69, 9.17) is 9.40 Å². The van der Waals surface area contributed by atoms with Crippen molar-refractivity contribution in [2.75, 3.05) is 5.32 Å². The highest BCUT2D eigenvalue weighted by Gasteiger charge is 2.21. The van der Waals surface area contributed by atoms with E-state index in [0.717, 1.165) is 11.3 Å². The maximum absolute atomic E-state index is 13.2. The van der Waals surface area contributed by atoms with Crippen LogP contribution in [0.4, 0.5) is 5.69 Å². The largest absolute Gasteiger partial charge is 0.467 e. The number of rotatable bonds is 7. The summed E-state index contributed by atoms with van der Waals surface area (Å²) in [6, 6.07) is 18.6. The summed E-state index contributed by atoms with van der Waals surface area (Å²) in [6.45, 7) is 6.25. The molecule has 4 aromatic rings. The number of benzene rings is 2. The van der Waals surface area contributed by atoms with Gasteiger partial charge in [-0.05, 0) is 48.7 Å². The average molecular weight is 448 g/mol. The molecule has 2 aromatic carbocycles. The van der Waals surface area contributed by atoms with Crippen LogP contribution in [0, 0.1) is 0 Å². The van der Waals surface area contributed by atoms with Crippen LogP contribution in [0.2, 0.25) is 0 Å². The van der Waals surface area contributed by atoms with E-state index >= 15 is 0 Å². The molecule has 0 aliphatic rings. The summed E-state index contributed by atoms with van der Waals surface area (Å²) in [4.78, 5) is 30.9. The fraction of sp³-hybridized carbons (Fsp3) is 0.240. The lowest BCUT2D eigenvalue weighted by Gasteiger charge is -2.18. The van der Waals surface area contributed by atoms with Crippen LogP contribution in [0.5, 0.6) is 0 Å². The maximum Gasteiger partial charge on any atom is 0.262 e. The molecule has 0 radical (unpaired) electrons. The molecular formula is C25H25N3O3S. The van der Waals surface area contributed by atoms with Gasteiger partial charge >= 0.3 is 0 Å². The van der Waals surface area contributed by atoms with Gasteiger partial charge < -0.3 is 9.73 Å². The fourth-order valence-corrected chi connectivity index (χ4v) is 4.40.